The van der Waals surface area contributed by atoms with Crippen molar-refractivity contribution >= 4 is 17.4 Å². The second-order valence-electron chi connectivity index (χ2n) is 3.98. The Kier molecular flexibility index (Phi) is 5.80. The van der Waals surface area contributed by atoms with Crippen molar-refractivity contribution in [3.05, 3.63) is 28.3 Å². The van der Waals surface area contributed by atoms with Gasteiger partial charge in [-0.2, -0.15) is 11.3 Å². The lowest BCUT2D eigenvalue weighted by atomic mass is 10.2. The molecular weight excluding hydrogens is 264 g/mol. The maximum atomic E-state index is 5.45. The van der Waals surface area contributed by atoms with E-state index in [1.54, 1.807) is 18.4 Å². The van der Waals surface area contributed by atoms with Gasteiger partial charge in [0.05, 0.1) is 13.2 Å². The molecule has 0 atom stereocenters. The van der Waals surface area contributed by atoms with Gasteiger partial charge in [-0.1, -0.05) is 5.10 Å². The Morgan fingerprint density at radius 1 is 1.37 bits per heavy atom. The minimum Gasteiger partial charge on any atom is -0.407 e. The average molecular weight is 282 g/mol. The number of ether oxygens (including phenoxy) is 1. The van der Waals surface area contributed by atoms with Crippen LogP contribution in [-0.2, 0) is 17.7 Å². The normalized spacial score (nSPS) is 10.8. The van der Waals surface area contributed by atoms with Crippen LogP contribution in [0.2, 0.25) is 0 Å². The van der Waals surface area contributed by atoms with E-state index in [-0.39, 0.29) is 0 Å². The van der Waals surface area contributed by atoms with Gasteiger partial charge in [-0.25, -0.2) is 0 Å². The second kappa shape index (κ2) is 7.88. The zero-order valence-corrected chi connectivity index (χ0v) is 11.7. The van der Waals surface area contributed by atoms with Crippen molar-refractivity contribution in [2.24, 2.45) is 0 Å². The monoisotopic (exact) mass is 282 g/mol. The molecule has 0 aromatic carbocycles. The first-order chi connectivity index (χ1) is 9.38. The Labute approximate surface area is 116 Å². The maximum Gasteiger partial charge on any atom is 0.315 e. The molecule has 19 heavy (non-hydrogen) atoms. The molecule has 0 spiro atoms. The fraction of sp³-hybridized carbons (Fsp3) is 0.500. The molecule has 0 saturated heterocycles. The third kappa shape index (κ3) is 4.98. The van der Waals surface area contributed by atoms with Gasteiger partial charge in [0, 0.05) is 20.2 Å². The first kappa shape index (κ1) is 14.0. The number of nitrogens with zero attached hydrogens (tertiary/aromatic N) is 2. The van der Waals surface area contributed by atoms with E-state index in [1.165, 1.54) is 5.56 Å². The number of aromatic nitrogens is 2. The lowest BCUT2D eigenvalue weighted by Crippen LogP contribution is -2.18. The molecule has 2 heterocycles. The van der Waals surface area contributed by atoms with Gasteiger partial charge in [0.25, 0.3) is 0 Å². The van der Waals surface area contributed by atoms with Crippen LogP contribution in [0.4, 0.5) is 6.01 Å². The lowest BCUT2D eigenvalue weighted by Gasteiger charge is -2.00. The molecule has 0 amide bonds. The van der Waals surface area contributed by atoms with Crippen molar-refractivity contribution in [1.82, 2.24) is 15.5 Å². The van der Waals surface area contributed by atoms with Crippen molar-refractivity contribution < 1.29 is 9.15 Å². The Morgan fingerprint density at radius 3 is 3.11 bits per heavy atom. The molecule has 6 nitrogen and oxygen atoms in total. The minimum absolute atomic E-state index is 0.471. The number of hydrogen-bond acceptors (Lipinski definition) is 7. The molecule has 2 N–H and O–H groups in total. The summed E-state index contributed by atoms with van der Waals surface area (Å²) in [5.41, 5.74) is 1.32. The van der Waals surface area contributed by atoms with Gasteiger partial charge in [0.15, 0.2) is 0 Å². The van der Waals surface area contributed by atoms with Crippen molar-refractivity contribution in [3.8, 4) is 0 Å². The van der Waals surface area contributed by atoms with Gasteiger partial charge in [0.2, 0.25) is 5.89 Å². The van der Waals surface area contributed by atoms with E-state index in [4.69, 9.17) is 9.15 Å². The molecule has 104 valence electrons. The summed E-state index contributed by atoms with van der Waals surface area (Å²) in [6.45, 7) is 2.78. The molecule has 0 aliphatic carbocycles. The summed E-state index contributed by atoms with van der Waals surface area (Å²) < 4.78 is 10.4. The van der Waals surface area contributed by atoms with E-state index in [0.717, 1.165) is 19.5 Å². The van der Waals surface area contributed by atoms with Crippen LogP contribution in [0.3, 0.4) is 0 Å². The van der Waals surface area contributed by atoms with Crippen molar-refractivity contribution in [2.75, 3.05) is 32.1 Å². The standard InChI is InChI=1S/C12H18N4O2S/c1-17-6-5-13-8-11-15-16-12(18-11)14-4-2-10-3-7-19-9-10/h3,7,9,13H,2,4-6,8H2,1H3,(H,14,16). The largest absolute Gasteiger partial charge is 0.407 e. The van der Waals surface area contributed by atoms with Gasteiger partial charge in [0.1, 0.15) is 0 Å². The predicted octanol–water partition coefficient (Wildman–Crippen LogP) is 1.52. The first-order valence-corrected chi connectivity index (χ1v) is 7.10. The van der Waals surface area contributed by atoms with Gasteiger partial charge in [-0.3, -0.25) is 0 Å². The maximum absolute atomic E-state index is 5.45. The van der Waals surface area contributed by atoms with Gasteiger partial charge in [-0.05, 0) is 28.8 Å². The number of thiophene rings is 1. The molecule has 0 aliphatic heterocycles. The van der Waals surface area contributed by atoms with E-state index in [0.29, 0.717) is 25.1 Å². The molecule has 0 bridgehead atoms. The van der Waals surface area contributed by atoms with E-state index in [2.05, 4.69) is 37.7 Å². The molecule has 0 fully saturated rings. The average Bonchev–Trinajstić information content (AvgIpc) is 3.07. The number of nitrogens with one attached hydrogen (secondary N) is 2. The smallest absolute Gasteiger partial charge is 0.315 e. The SMILES string of the molecule is COCCNCc1nnc(NCCc2ccsc2)o1. The molecular formula is C12H18N4O2S. The van der Waals surface area contributed by atoms with E-state index >= 15 is 0 Å². The number of methoxy groups -OCH3 is 1. The Balaban J connectivity index is 1.65. The van der Waals surface area contributed by atoms with Crippen LogP contribution in [0, 0.1) is 0 Å². The van der Waals surface area contributed by atoms with Crippen LogP contribution >= 0.6 is 11.3 Å². The summed E-state index contributed by atoms with van der Waals surface area (Å²) in [4.78, 5) is 0. The van der Waals surface area contributed by atoms with Crippen LogP contribution in [0.1, 0.15) is 11.5 Å². The molecule has 2 aromatic rings. The highest BCUT2D eigenvalue weighted by atomic mass is 32.1. The molecule has 0 saturated carbocycles. The zero-order valence-electron chi connectivity index (χ0n) is 10.9. The molecule has 2 rings (SSSR count). The summed E-state index contributed by atoms with van der Waals surface area (Å²) in [5.74, 6) is 0.578. The second-order valence-corrected chi connectivity index (χ2v) is 4.76. The van der Waals surface area contributed by atoms with Gasteiger partial charge < -0.3 is 19.8 Å². The summed E-state index contributed by atoms with van der Waals surface area (Å²) in [5, 5.41) is 18.4. The third-order valence-electron chi connectivity index (χ3n) is 2.50. The predicted molar refractivity (Wildman–Crippen MR) is 74.4 cm³/mol. The van der Waals surface area contributed by atoms with Crippen LogP contribution < -0.4 is 10.6 Å². The molecule has 0 aliphatic rings. The summed E-state index contributed by atoms with van der Waals surface area (Å²) in [6.07, 6.45) is 0.952. The van der Waals surface area contributed by atoms with E-state index < -0.39 is 0 Å². The lowest BCUT2D eigenvalue weighted by molar-refractivity contribution is 0.198. The van der Waals surface area contributed by atoms with Crippen LogP contribution in [-0.4, -0.2) is 37.0 Å². The Bertz CT molecular complexity index is 458. The number of rotatable bonds is 9. The number of anilines is 1. The van der Waals surface area contributed by atoms with E-state index in [1.807, 2.05) is 0 Å². The minimum atomic E-state index is 0.471. The van der Waals surface area contributed by atoms with Crippen LogP contribution in [0.15, 0.2) is 21.2 Å². The Morgan fingerprint density at radius 2 is 2.32 bits per heavy atom. The summed E-state index contributed by atoms with van der Waals surface area (Å²) in [7, 11) is 1.67. The fourth-order valence-corrected chi connectivity index (χ4v) is 2.22. The molecule has 0 unspecified atom stereocenters. The van der Waals surface area contributed by atoms with Crippen molar-refractivity contribution in [3.63, 3.8) is 0 Å². The molecule has 7 heteroatoms. The van der Waals surface area contributed by atoms with Crippen molar-refractivity contribution in [2.45, 2.75) is 13.0 Å². The summed E-state index contributed by atoms with van der Waals surface area (Å²) >= 11 is 1.71. The molecule has 0 radical (unpaired) electrons. The highest BCUT2D eigenvalue weighted by molar-refractivity contribution is 7.07. The first-order valence-electron chi connectivity index (χ1n) is 6.15. The number of hydrogen-bond donors (Lipinski definition) is 2. The Hall–Kier alpha value is -1.44. The third-order valence-corrected chi connectivity index (χ3v) is 3.23. The molecule has 2 aromatic heterocycles. The quantitative estimate of drug-likeness (QED) is 0.679. The van der Waals surface area contributed by atoms with Gasteiger partial charge in [-0.15, -0.1) is 5.10 Å². The highest BCUT2D eigenvalue weighted by Crippen LogP contribution is 2.08. The van der Waals surface area contributed by atoms with Crippen LogP contribution in [0.5, 0.6) is 0 Å². The highest BCUT2D eigenvalue weighted by Gasteiger charge is 2.04. The van der Waals surface area contributed by atoms with Crippen molar-refractivity contribution in [1.29, 1.82) is 0 Å². The topological polar surface area (TPSA) is 72.2 Å². The zero-order chi connectivity index (χ0) is 13.3. The summed E-state index contributed by atoms with van der Waals surface area (Å²) in [6, 6.07) is 2.59. The fourth-order valence-electron chi connectivity index (χ4n) is 1.51. The van der Waals surface area contributed by atoms with Crippen LogP contribution in [0.25, 0.3) is 0 Å². The van der Waals surface area contributed by atoms with E-state index in [9.17, 15) is 0 Å². The van der Waals surface area contributed by atoms with Gasteiger partial charge >= 0.3 is 6.01 Å².